The summed E-state index contributed by atoms with van der Waals surface area (Å²) in [5, 5.41) is 0. The molecule has 101 heavy (non-hydrogen) atoms. The molecule has 20 nitrogen and oxygen atoms in total. The first-order chi connectivity index (χ1) is 45.4. The number of aryl methyl sites for hydroxylation is 7. The second-order valence-electron chi connectivity index (χ2n) is 26.0. The molecule has 0 bridgehead atoms. The zero-order chi connectivity index (χ0) is 71.5. The predicted octanol–water partition coefficient (Wildman–Crippen LogP) is 0.164. The maximum atomic E-state index is 11.4. The van der Waals surface area contributed by atoms with Crippen molar-refractivity contribution < 1.29 is 132 Å². The van der Waals surface area contributed by atoms with Gasteiger partial charge in [0.15, 0.2) is 20.0 Å². The van der Waals surface area contributed by atoms with E-state index < -0.39 is 31.1 Å². The van der Waals surface area contributed by atoms with Crippen LogP contribution in [-0.4, -0.2) is 87.9 Å². The van der Waals surface area contributed by atoms with Crippen molar-refractivity contribution in [2.75, 3.05) is 17.6 Å². The van der Waals surface area contributed by atoms with E-state index in [4.69, 9.17) is 34.8 Å². The second-order valence-corrected chi connectivity index (χ2v) is 30.2. The van der Waals surface area contributed by atoms with Gasteiger partial charge in [-0.25, -0.2) is 76.6 Å². The molecule has 0 fully saturated rings. The zero-order valence-corrected chi connectivity index (χ0v) is 67.2. The van der Waals surface area contributed by atoms with Crippen molar-refractivity contribution in [2.24, 2.45) is 16.2 Å². The van der Waals surface area contributed by atoms with E-state index in [1.165, 1.54) is 89.9 Å². The molecule has 0 saturated heterocycles. The largest absolute Gasteiger partial charge is 1.00 e. The first-order valence-corrected chi connectivity index (χ1v) is 38.2. The summed E-state index contributed by atoms with van der Waals surface area (Å²) in [5.41, 5.74) is -12.3. The van der Waals surface area contributed by atoms with Gasteiger partial charge in [-0.2, -0.15) is 26.3 Å². The number of alkyl halides is 9. The first kappa shape index (κ1) is 101. The molecule has 0 spiro atoms. The number of rotatable bonds is 38. The van der Waals surface area contributed by atoms with Crippen LogP contribution in [0.5, 0.6) is 0 Å². The normalized spacial score (nSPS) is 11.7. The van der Waals surface area contributed by atoms with Crippen LogP contribution in [0.3, 0.4) is 0 Å². The minimum Gasteiger partial charge on any atom is -1.00 e. The number of hydrogen-bond acceptors (Lipinski definition) is 5. The molecule has 576 valence electrons. The van der Waals surface area contributed by atoms with Crippen LogP contribution in [0.25, 0.3) is 4.13 Å². The topological polar surface area (TPSA) is 185 Å². The Balaban J connectivity index is -0.00000129. The van der Waals surface area contributed by atoms with Gasteiger partial charge >= 0.3 is 29.9 Å². The van der Waals surface area contributed by atoms with Crippen LogP contribution in [0.15, 0.2) is 131 Å². The first-order valence-electron chi connectivity index (χ1n) is 33.7. The molecule has 7 heterocycles. The van der Waals surface area contributed by atoms with Crippen molar-refractivity contribution in [2.45, 2.75) is 255 Å². The van der Waals surface area contributed by atoms with Crippen LogP contribution in [0.2, 0.25) is 0 Å². The minimum atomic E-state index is -6.72. The van der Waals surface area contributed by atoms with Crippen LogP contribution >= 0.6 is 34.8 Å². The van der Waals surface area contributed by atoms with E-state index in [-0.39, 0.29) is 77.8 Å². The summed E-state index contributed by atoms with van der Waals surface area (Å²) in [6, 6.07) is 0. The Hall–Kier alpha value is -3.79. The smallest absolute Gasteiger partial charge is 1.00 e. The second kappa shape index (κ2) is 51.4. The third-order valence-electron chi connectivity index (χ3n) is 15.6. The molecule has 0 aliphatic carbocycles. The van der Waals surface area contributed by atoms with Gasteiger partial charge in [0, 0.05) is 42.0 Å². The molecule has 7 aromatic rings. The van der Waals surface area contributed by atoms with Gasteiger partial charge < -0.3 is 51.4 Å². The predicted molar refractivity (Wildman–Crippen MR) is 368 cm³/mol. The van der Waals surface area contributed by atoms with Crippen molar-refractivity contribution >= 4 is 54.8 Å². The molecule has 0 atom stereocenters. The number of halogens is 12. The third kappa shape index (κ3) is 38.9. The molecule has 0 unspecified atom stereocenters. The number of nitrogens with zero attached hydrogens (tertiary/aromatic N) is 15. The van der Waals surface area contributed by atoms with Crippen molar-refractivity contribution in [1.82, 2.24) is 37.0 Å². The summed E-state index contributed by atoms with van der Waals surface area (Å²) >= 11 is 16.6. The quantitative estimate of drug-likeness (QED) is 0.0231. The average molecular weight is 1590 g/mol. The number of sulfonamides is 2. The van der Waals surface area contributed by atoms with Crippen molar-refractivity contribution in [1.29, 1.82) is 0 Å². The Kier molecular flexibility index (Phi) is 51.6. The van der Waals surface area contributed by atoms with E-state index in [9.17, 15) is 43.2 Å². The SMILES string of the molecule is CC(CCl)(CCl)CCl.CCCCn1cc[n+](CC(C)(C[n+]2ccn(CCCC)c2)C[n+]2ccn(CCCC)c2)c1.CCCCn1cc[n+](CC(C)(C[n+]2ccn(CCCC)c2)C[n+]2ccn(CCCC)c2)c1.CCCCn1ccnc1.O.O=S(=O)([N-]S(=O)(=O)C(F)(F)F)C(F)(F)F.[Cl-].[Cl-].[Cl-].[Li+]. The van der Waals surface area contributed by atoms with Gasteiger partial charge in [0.2, 0.25) is 38.0 Å². The molecule has 0 radical (unpaired) electrons. The molecule has 0 aromatic carbocycles. The van der Waals surface area contributed by atoms with Crippen LogP contribution in [0, 0.1) is 16.2 Å². The molecule has 0 amide bonds. The number of hydrogen-bond donors (Lipinski definition) is 0. The fourth-order valence-corrected chi connectivity index (χ4v) is 12.6. The summed E-state index contributed by atoms with van der Waals surface area (Å²) in [6.45, 7) is 36.2. The van der Waals surface area contributed by atoms with Gasteiger partial charge in [-0.3, -0.25) is 0 Å². The fourth-order valence-electron chi connectivity index (χ4n) is 10.1. The molecule has 35 heteroatoms. The Morgan fingerprint density at radius 2 is 0.564 bits per heavy atom. The average Bonchev–Trinajstić information content (AvgIpc) is 1.68. The summed E-state index contributed by atoms with van der Waals surface area (Å²) in [5.74, 6) is 1.58. The van der Waals surface area contributed by atoms with Gasteiger partial charge in [-0.05, 0) is 58.8 Å². The number of unbranched alkanes of at least 4 members (excludes halogenated alkanes) is 7. The van der Waals surface area contributed by atoms with E-state index in [2.05, 4.69) is 239 Å². The van der Waals surface area contributed by atoms with Gasteiger partial charge in [-0.1, -0.05) is 100 Å². The Labute approximate surface area is 643 Å². The third-order valence-corrected chi connectivity index (χ3v) is 20.2. The van der Waals surface area contributed by atoms with Gasteiger partial charge in [0.05, 0.1) is 56.4 Å². The van der Waals surface area contributed by atoms with Crippen molar-refractivity contribution in [3.63, 3.8) is 0 Å². The fraction of sp³-hybridized carbons (Fsp3) is 0.682. The van der Waals surface area contributed by atoms with Gasteiger partial charge in [-0.15, -0.1) is 34.8 Å². The summed E-state index contributed by atoms with van der Waals surface area (Å²) in [4.78, 5) is 3.94. The number of aromatic nitrogens is 14. The molecule has 0 saturated carbocycles. The maximum absolute atomic E-state index is 11.4. The Morgan fingerprint density at radius 1 is 0.366 bits per heavy atom. The molecule has 7 rings (SSSR count). The van der Waals surface area contributed by atoms with Crippen molar-refractivity contribution in [3.05, 3.63) is 135 Å². The molecule has 0 aliphatic rings. The van der Waals surface area contributed by atoms with Crippen LogP contribution < -0.4 is 83.5 Å². The van der Waals surface area contributed by atoms with E-state index in [1.54, 1.807) is 0 Å². The molecule has 2 N–H and O–H groups in total. The zero-order valence-electron chi connectivity index (χ0n) is 61.0. The van der Waals surface area contributed by atoms with Crippen LogP contribution in [-0.2, 0) is 105 Å². The molecule has 7 aromatic heterocycles. The summed E-state index contributed by atoms with van der Waals surface area (Å²) < 4.78 is 139. The van der Waals surface area contributed by atoms with Crippen LogP contribution in [0.4, 0.5) is 26.3 Å². The monoisotopic (exact) mass is 1590 g/mol. The van der Waals surface area contributed by atoms with Crippen LogP contribution in [0.1, 0.15) is 159 Å². The molecular weight excluding hydrogens is 1480 g/mol. The van der Waals surface area contributed by atoms with Gasteiger partial charge in [0.25, 0.3) is 0 Å². The Bertz CT molecular complexity index is 3000. The van der Waals surface area contributed by atoms with E-state index in [0.717, 1.165) is 89.2 Å². The molecule has 0 aliphatic heterocycles. The summed E-state index contributed by atoms with van der Waals surface area (Å²) in [7, 11) is -13.4. The Morgan fingerprint density at radius 3 is 0.713 bits per heavy atom. The molecular formula is C66H113Cl6F6LiN15O5S2+3. The standard InChI is InChI=1S/2C26H45N6.C7H12N2.C5H9Cl3.C2F6NO4S2.3ClH.Li.H2O/c2*1-5-8-11-27-14-17-30(23-27)20-26(4,21-31-18-15-28(24-31)12-9-6-2)22-32-19-16-29(25-32)13-10-7-3;1-2-3-5-9-6-4-8-7-9;1-5(2-6,3-7)4-8;3-1(4,5)14(10,11)9-15(12,13)2(6,7)8;;;;;/h2*14-19,23-25H,5-13,20-22H2,1-4H3;4,6-7H,2-3,5H2,1H3;2-4H2,1H3;;3*1H;;1H2/q2*+3;;;-1;;;;+1;/p-3. The maximum Gasteiger partial charge on any atom is 1.00 e. The summed E-state index contributed by atoms with van der Waals surface area (Å²) in [6.07, 6.45) is 63.4. The van der Waals surface area contributed by atoms with Crippen molar-refractivity contribution in [3.8, 4) is 0 Å². The van der Waals surface area contributed by atoms with E-state index >= 15 is 0 Å². The van der Waals surface area contributed by atoms with Gasteiger partial charge in [0.1, 0.15) is 114 Å². The van der Waals surface area contributed by atoms with E-state index in [0.29, 0.717) is 17.6 Å². The minimum absolute atomic E-state index is 0. The number of imidazole rings is 7. The van der Waals surface area contributed by atoms with E-state index in [1.807, 2.05) is 25.6 Å².